The van der Waals surface area contributed by atoms with Gasteiger partial charge in [-0.05, 0) is 26.0 Å². The van der Waals surface area contributed by atoms with Gasteiger partial charge in [0.25, 0.3) is 0 Å². The molecule has 0 saturated heterocycles. The highest BCUT2D eigenvalue weighted by molar-refractivity contribution is 5.02. The van der Waals surface area contributed by atoms with E-state index in [1.54, 1.807) is 0 Å². The lowest BCUT2D eigenvalue weighted by Crippen LogP contribution is -2.13. The molecule has 15 heavy (non-hydrogen) atoms. The maximum Gasteiger partial charge on any atom is 0.173 e. The van der Waals surface area contributed by atoms with Crippen LogP contribution in [0.4, 0.5) is 0 Å². The number of rotatable bonds is 8. The Kier molecular flexibility index (Phi) is 5.25. The molecule has 4 heteroatoms. The van der Waals surface area contributed by atoms with E-state index in [4.69, 9.17) is 9.84 Å². The molecule has 0 bridgehead atoms. The third-order valence-corrected chi connectivity index (χ3v) is 2.88. The molecule has 0 heterocycles. The molecule has 0 aliphatic heterocycles. The summed E-state index contributed by atoms with van der Waals surface area (Å²) in [5, 5.41) is 21.5. The van der Waals surface area contributed by atoms with Crippen LogP contribution in [0, 0.1) is 5.92 Å². The summed E-state index contributed by atoms with van der Waals surface area (Å²) in [5.74, 6) is 0.402. The Morgan fingerprint density at radius 1 is 1.53 bits per heavy atom. The lowest BCUT2D eigenvalue weighted by atomic mass is 10.2. The Labute approximate surface area is 90.9 Å². The van der Waals surface area contributed by atoms with Crippen LogP contribution in [0.3, 0.4) is 0 Å². The lowest BCUT2D eigenvalue weighted by molar-refractivity contribution is -0.0649. The van der Waals surface area contributed by atoms with Crippen molar-refractivity contribution in [3.8, 4) is 0 Å². The van der Waals surface area contributed by atoms with Gasteiger partial charge in [-0.1, -0.05) is 13.0 Å². The van der Waals surface area contributed by atoms with Crippen LogP contribution in [-0.2, 0) is 4.74 Å². The third kappa shape index (κ3) is 3.91. The minimum Gasteiger partial charge on any atom is -0.391 e. The van der Waals surface area contributed by atoms with Crippen molar-refractivity contribution in [1.82, 2.24) is 5.32 Å². The van der Waals surface area contributed by atoms with Crippen molar-refractivity contribution in [2.24, 2.45) is 5.92 Å². The van der Waals surface area contributed by atoms with E-state index in [-0.39, 0.29) is 12.1 Å². The second-order valence-electron chi connectivity index (χ2n) is 3.96. The van der Waals surface area contributed by atoms with E-state index < -0.39 is 6.29 Å². The van der Waals surface area contributed by atoms with Crippen molar-refractivity contribution in [1.29, 1.82) is 0 Å². The third-order valence-electron chi connectivity index (χ3n) is 2.88. The first kappa shape index (κ1) is 12.6. The summed E-state index contributed by atoms with van der Waals surface area (Å²) in [5.41, 5.74) is 0. The molecule has 3 N–H and O–H groups in total. The maximum atomic E-state index is 9.42. The number of aliphatic hydroxyl groups excluding tert-OH is 2. The monoisotopic (exact) mass is 215 g/mol. The van der Waals surface area contributed by atoms with Gasteiger partial charge in [-0.25, -0.2) is 0 Å². The van der Waals surface area contributed by atoms with Gasteiger partial charge in [-0.2, -0.15) is 0 Å². The molecule has 88 valence electrons. The molecular formula is C11H21NO3. The Morgan fingerprint density at radius 3 is 2.80 bits per heavy atom. The number of ether oxygens (including phenoxy) is 1. The van der Waals surface area contributed by atoms with Gasteiger partial charge in [0, 0.05) is 12.0 Å². The molecule has 4 nitrogen and oxygen atoms in total. The van der Waals surface area contributed by atoms with E-state index in [0.717, 1.165) is 19.3 Å². The number of hydrogen-bond acceptors (Lipinski definition) is 4. The molecule has 1 saturated carbocycles. The molecule has 4 atom stereocenters. The molecule has 4 unspecified atom stereocenters. The van der Waals surface area contributed by atoms with Crippen LogP contribution in [0.2, 0.25) is 0 Å². The Hall–Kier alpha value is -0.420. The number of unbranched alkanes of at least 4 members (excludes halogenated alkanes) is 1. The highest BCUT2D eigenvalue weighted by atomic mass is 16.6. The minimum absolute atomic E-state index is 0.172. The molecule has 0 aromatic heterocycles. The first-order chi connectivity index (χ1) is 7.20. The summed E-state index contributed by atoms with van der Waals surface area (Å²) in [6, 6.07) is 0.282. The second kappa shape index (κ2) is 6.23. The molecule has 1 fully saturated rings. The summed E-state index contributed by atoms with van der Waals surface area (Å²) in [4.78, 5) is 0. The van der Waals surface area contributed by atoms with Crippen LogP contribution in [0.25, 0.3) is 0 Å². The normalized spacial score (nSPS) is 31.3. The van der Waals surface area contributed by atoms with E-state index in [9.17, 15) is 5.11 Å². The van der Waals surface area contributed by atoms with Gasteiger partial charge in [-0.3, -0.25) is 0 Å². The molecule has 0 radical (unpaired) electrons. The first-order valence-corrected chi connectivity index (χ1v) is 5.48. The molecule has 1 rings (SSSR count). The van der Waals surface area contributed by atoms with Crippen molar-refractivity contribution in [3.63, 3.8) is 0 Å². The standard InChI is InChI=1S/C11H21NO3/c1-3-9(13)15-7-5-4-6-8-10(12-2)11(8)14/h3,8-14H,1,4-7H2,2H3. The summed E-state index contributed by atoms with van der Waals surface area (Å²) >= 11 is 0. The Morgan fingerprint density at radius 2 is 2.27 bits per heavy atom. The van der Waals surface area contributed by atoms with Crippen LogP contribution >= 0.6 is 0 Å². The van der Waals surface area contributed by atoms with Gasteiger partial charge in [0.1, 0.15) is 0 Å². The molecule has 0 spiro atoms. The van der Waals surface area contributed by atoms with E-state index in [1.807, 2.05) is 7.05 Å². The molecule has 1 aliphatic rings. The summed E-state index contributed by atoms with van der Waals surface area (Å²) in [6.07, 6.45) is 3.28. The van der Waals surface area contributed by atoms with Crippen molar-refractivity contribution < 1.29 is 14.9 Å². The SMILES string of the molecule is C=CC(O)OCCCCC1C(O)C1NC. The van der Waals surface area contributed by atoms with Crippen molar-refractivity contribution >= 4 is 0 Å². The summed E-state index contributed by atoms with van der Waals surface area (Å²) < 4.78 is 5.03. The van der Waals surface area contributed by atoms with Crippen LogP contribution in [0.15, 0.2) is 12.7 Å². The molecular weight excluding hydrogens is 194 g/mol. The number of aliphatic hydroxyl groups is 2. The van der Waals surface area contributed by atoms with Gasteiger partial charge in [0.05, 0.1) is 12.7 Å². The van der Waals surface area contributed by atoms with E-state index in [1.165, 1.54) is 6.08 Å². The summed E-state index contributed by atoms with van der Waals surface area (Å²) in [6.45, 7) is 3.95. The van der Waals surface area contributed by atoms with Crippen LogP contribution in [0.5, 0.6) is 0 Å². The average molecular weight is 215 g/mol. The Bertz CT molecular complexity index is 198. The van der Waals surface area contributed by atoms with Gasteiger partial charge >= 0.3 is 0 Å². The van der Waals surface area contributed by atoms with Crippen molar-refractivity contribution in [2.45, 2.75) is 37.7 Å². The number of likely N-dealkylation sites (N-methyl/N-ethyl adjacent to an activating group) is 1. The average Bonchev–Trinajstić information content (AvgIpc) is 2.87. The smallest absolute Gasteiger partial charge is 0.173 e. The van der Waals surface area contributed by atoms with E-state index >= 15 is 0 Å². The van der Waals surface area contributed by atoms with Crippen LogP contribution in [0.1, 0.15) is 19.3 Å². The number of hydrogen-bond donors (Lipinski definition) is 3. The zero-order valence-electron chi connectivity index (χ0n) is 9.22. The van der Waals surface area contributed by atoms with E-state index in [0.29, 0.717) is 12.5 Å². The zero-order valence-corrected chi connectivity index (χ0v) is 9.22. The zero-order chi connectivity index (χ0) is 11.3. The van der Waals surface area contributed by atoms with Gasteiger partial charge in [0.15, 0.2) is 6.29 Å². The highest BCUT2D eigenvalue weighted by Gasteiger charge is 2.47. The molecule has 0 amide bonds. The quantitative estimate of drug-likeness (QED) is 0.309. The lowest BCUT2D eigenvalue weighted by Gasteiger charge is -2.06. The largest absolute Gasteiger partial charge is 0.391 e. The van der Waals surface area contributed by atoms with E-state index in [2.05, 4.69) is 11.9 Å². The Balaban J connectivity index is 1.92. The van der Waals surface area contributed by atoms with Crippen molar-refractivity contribution in [2.75, 3.05) is 13.7 Å². The topological polar surface area (TPSA) is 61.7 Å². The minimum atomic E-state index is -0.846. The fourth-order valence-electron chi connectivity index (χ4n) is 1.85. The van der Waals surface area contributed by atoms with Gasteiger partial charge < -0.3 is 20.3 Å². The summed E-state index contributed by atoms with van der Waals surface area (Å²) in [7, 11) is 1.87. The highest BCUT2D eigenvalue weighted by Crippen LogP contribution is 2.35. The predicted molar refractivity (Wildman–Crippen MR) is 58.4 cm³/mol. The molecule has 0 aromatic carbocycles. The second-order valence-corrected chi connectivity index (χ2v) is 3.96. The van der Waals surface area contributed by atoms with Crippen LogP contribution in [-0.4, -0.2) is 42.3 Å². The first-order valence-electron chi connectivity index (χ1n) is 5.48. The fourth-order valence-corrected chi connectivity index (χ4v) is 1.85. The van der Waals surface area contributed by atoms with Gasteiger partial charge in [0.2, 0.25) is 0 Å². The molecule has 1 aliphatic carbocycles. The maximum absolute atomic E-state index is 9.42. The van der Waals surface area contributed by atoms with Gasteiger partial charge in [-0.15, -0.1) is 0 Å². The fraction of sp³-hybridized carbons (Fsp3) is 0.818. The van der Waals surface area contributed by atoms with Crippen LogP contribution < -0.4 is 5.32 Å². The number of nitrogens with one attached hydrogen (secondary N) is 1. The predicted octanol–water partition coefficient (Wildman–Crippen LogP) is 0.256. The molecule has 0 aromatic rings. The van der Waals surface area contributed by atoms with Crippen molar-refractivity contribution in [3.05, 3.63) is 12.7 Å².